The van der Waals surface area contributed by atoms with Crippen molar-refractivity contribution in [1.82, 2.24) is 5.43 Å². The van der Waals surface area contributed by atoms with E-state index >= 15 is 0 Å². The lowest BCUT2D eigenvalue weighted by Crippen LogP contribution is -2.18. The summed E-state index contributed by atoms with van der Waals surface area (Å²) in [5.41, 5.74) is 2.72. The Hall–Kier alpha value is -3.13. The van der Waals surface area contributed by atoms with Crippen LogP contribution in [0, 0.1) is 10.1 Å². The third-order valence-electron chi connectivity index (χ3n) is 3.07. The third kappa shape index (κ3) is 4.67. The number of hydrogen-bond donors (Lipinski definition) is 2. The minimum Gasteiger partial charge on any atom is -0.504 e. The zero-order valence-corrected chi connectivity index (χ0v) is 13.9. The van der Waals surface area contributed by atoms with Gasteiger partial charge in [0.1, 0.15) is 0 Å². The van der Waals surface area contributed by atoms with E-state index in [0.717, 1.165) is 6.07 Å². The van der Waals surface area contributed by atoms with E-state index < -0.39 is 10.8 Å². The molecule has 2 aromatic carbocycles. The van der Waals surface area contributed by atoms with Gasteiger partial charge in [0.2, 0.25) is 0 Å². The Labute approximate surface area is 147 Å². The van der Waals surface area contributed by atoms with E-state index in [2.05, 4.69) is 10.5 Å². The number of non-ortho nitro benzene ring substituents is 1. The molecule has 0 aliphatic heterocycles. The quantitative estimate of drug-likeness (QED) is 0.465. The Bertz CT molecular complexity index is 839. The second-order valence-electron chi connectivity index (χ2n) is 4.78. The third-order valence-corrected chi connectivity index (χ3v) is 3.38. The summed E-state index contributed by atoms with van der Waals surface area (Å²) in [6.45, 7) is 2.18. The smallest absolute Gasteiger partial charge is 0.272 e. The molecule has 0 saturated carbocycles. The number of hydrazone groups is 1. The van der Waals surface area contributed by atoms with Crippen LogP contribution < -0.4 is 10.2 Å². The lowest BCUT2D eigenvalue weighted by Gasteiger charge is -2.06. The van der Waals surface area contributed by atoms with Crippen LogP contribution in [0.25, 0.3) is 0 Å². The summed E-state index contributed by atoms with van der Waals surface area (Å²) in [5, 5.41) is 24.0. The highest BCUT2D eigenvalue weighted by Gasteiger charge is 2.14. The average Bonchev–Trinajstić information content (AvgIpc) is 2.57. The Morgan fingerprint density at radius 1 is 1.40 bits per heavy atom. The molecule has 0 unspecified atom stereocenters. The number of hydrogen-bond acceptors (Lipinski definition) is 6. The normalized spacial score (nSPS) is 10.6. The van der Waals surface area contributed by atoms with Gasteiger partial charge in [0.15, 0.2) is 11.5 Å². The Morgan fingerprint density at radius 3 is 2.80 bits per heavy atom. The van der Waals surface area contributed by atoms with E-state index in [1.807, 2.05) is 0 Å². The molecule has 0 radical (unpaired) electrons. The molecule has 9 heteroatoms. The summed E-state index contributed by atoms with van der Waals surface area (Å²) in [5.74, 6) is -0.308. The van der Waals surface area contributed by atoms with Gasteiger partial charge in [-0.1, -0.05) is 11.6 Å². The number of phenols is 1. The van der Waals surface area contributed by atoms with Crippen molar-refractivity contribution in [1.29, 1.82) is 0 Å². The van der Waals surface area contributed by atoms with Crippen LogP contribution in [0.5, 0.6) is 11.5 Å². The number of rotatable bonds is 6. The fourth-order valence-electron chi connectivity index (χ4n) is 1.91. The van der Waals surface area contributed by atoms with Gasteiger partial charge in [0.05, 0.1) is 28.3 Å². The van der Waals surface area contributed by atoms with E-state index in [9.17, 15) is 20.0 Å². The number of aromatic hydroxyl groups is 1. The van der Waals surface area contributed by atoms with Crippen LogP contribution in [-0.2, 0) is 0 Å². The molecular formula is C16H14ClN3O5. The molecule has 0 spiro atoms. The van der Waals surface area contributed by atoms with E-state index in [-0.39, 0.29) is 22.0 Å². The lowest BCUT2D eigenvalue weighted by atomic mass is 10.2. The van der Waals surface area contributed by atoms with Crippen molar-refractivity contribution in [2.45, 2.75) is 6.92 Å². The fourth-order valence-corrected chi connectivity index (χ4v) is 2.17. The number of halogens is 1. The minimum absolute atomic E-state index is 0.000646. The summed E-state index contributed by atoms with van der Waals surface area (Å²) in [6.07, 6.45) is 1.36. The first-order valence-electron chi connectivity index (χ1n) is 7.15. The molecule has 0 aliphatic rings. The van der Waals surface area contributed by atoms with Gasteiger partial charge in [-0.05, 0) is 36.8 Å². The van der Waals surface area contributed by atoms with Crippen LogP contribution >= 0.6 is 11.6 Å². The van der Waals surface area contributed by atoms with Crippen molar-refractivity contribution in [3.63, 3.8) is 0 Å². The van der Waals surface area contributed by atoms with Gasteiger partial charge in [0, 0.05) is 12.1 Å². The number of nitro benzene ring substituents is 1. The molecular weight excluding hydrogens is 350 g/mol. The van der Waals surface area contributed by atoms with Gasteiger partial charge in [-0.25, -0.2) is 5.43 Å². The summed E-state index contributed by atoms with van der Waals surface area (Å²) < 4.78 is 5.25. The predicted octanol–water partition coefficient (Wildman–Crippen LogP) is 3.12. The van der Waals surface area contributed by atoms with Crippen LogP contribution in [0.3, 0.4) is 0 Å². The fraction of sp³-hybridized carbons (Fsp3) is 0.125. The van der Waals surface area contributed by atoms with Gasteiger partial charge >= 0.3 is 0 Å². The standard InChI is InChI=1S/C16H14ClN3O5/c1-2-25-15-7-10(3-6-14(15)21)9-18-19-16(22)12-5-4-11(20(23)24)8-13(12)17/h3-9,21H,2H2,1H3,(H,19,22)/b18-9-. The maximum atomic E-state index is 12.0. The number of nitro groups is 1. The zero-order valence-electron chi connectivity index (χ0n) is 13.1. The molecule has 0 heterocycles. The second kappa shape index (κ2) is 8.11. The molecule has 1 amide bonds. The minimum atomic E-state index is -0.611. The van der Waals surface area contributed by atoms with Gasteiger partial charge in [-0.2, -0.15) is 5.10 Å². The van der Waals surface area contributed by atoms with Gasteiger partial charge < -0.3 is 9.84 Å². The highest BCUT2D eigenvalue weighted by molar-refractivity contribution is 6.34. The summed E-state index contributed by atoms with van der Waals surface area (Å²) in [7, 11) is 0. The van der Waals surface area contributed by atoms with Crippen molar-refractivity contribution in [3.05, 3.63) is 62.7 Å². The molecule has 0 aliphatic carbocycles. The topological polar surface area (TPSA) is 114 Å². The molecule has 0 aromatic heterocycles. The van der Waals surface area contributed by atoms with Gasteiger partial charge in [-0.15, -0.1) is 0 Å². The van der Waals surface area contributed by atoms with Gasteiger partial charge in [0.25, 0.3) is 11.6 Å². The Morgan fingerprint density at radius 2 is 2.16 bits per heavy atom. The zero-order chi connectivity index (χ0) is 18.4. The molecule has 0 fully saturated rings. The van der Waals surface area contributed by atoms with E-state index in [1.54, 1.807) is 19.1 Å². The summed E-state index contributed by atoms with van der Waals surface area (Å²) in [6, 6.07) is 8.12. The van der Waals surface area contributed by atoms with Crippen LogP contribution in [0.4, 0.5) is 5.69 Å². The highest BCUT2D eigenvalue weighted by Crippen LogP contribution is 2.26. The number of carbonyl (C=O) groups is 1. The molecule has 0 saturated heterocycles. The van der Waals surface area contributed by atoms with Crippen molar-refractivity contribution in [2.75, 3.05) is 6.61 Å². The molecule has 130 valence electrons. The molecule has 2 rings (SSSR count). The molecule has 2 aromatic rings. The molecule has 0 atom stereocenters. The molecule has 8 nitrogen and oxygen atoms in total. The second-order valence-corrected chi connectivity index (χ2v) is 5.19. The predicted molar refractivity (Wildman–Crippen MR) is 92.4 cm³/mol. The average molecular weight is 364 g/mol. The Balaban J connectivity index is 2.08. The van der Waals surface area contributed by atoms with Crippen LogP contribution in [0.1, 0.15) is 22.8 Å². The molecule has 0 bridgehead atoms. The van der Waals surface area contributed by atoms with E-state index in [4.69, 9.17) is 16.3 Å². The number of carbonyl (C=O) groups excluding carboxylic acids is 1. The number of nitrogens with one attached hydrogen (secondary N) is 1. The number of amides is 1. The van der Waals surface area contributed by atoms with Crippen LogP contribution in [0.2, 0.25) is 5.02 Å². The first-order valence-corrected chi connectivity index (χ1v) is 7.53. The summed E-state index contributed by atoms with van der Waals surface area (Å²) in [4.78, 5) is 22.1. The van der Waals surface area contributed by atoms with Gasteiger partial charge in [-0.3, -0.25) is 14.9 Å². The summed E-state index contributed by atoms with van der Waals surface area (Å²) >= 11 is 5.88. The maximum Gasteiger partial charge on any atom is 0.272 e. The molecule has 2 N–H and O–H groups in total. The van der Waals surface area contributed by atoms with Crippen LogP contribution in [0.15, 0.2) is 41.5 Å². The first kappa shape index (κ1) is 18.2. The number of ether oxygens (including phenoxy) is 1. The van der Waals surface area contributed by atoms with E-state index in [1.165, 1.54) is 24.4 Å². The number of benzene rings is 2. The van der Waals surface area contributed by atoms with Crippen LogP contribution in [-0.4, -0.2) is 28.8 Å². The largest absolute Gasteiger partial charge is 0.504 e. The number of phenolic OH excluding ortho intramolecular Hbond substituents is 1. The highest BCUT2D eigenvalue weighted by atomic mass is 35.5. The maximum absolute atomic E-state index is 12.0. The number of nitrogens with zero attached hydrogens (tertiary/aromatic N) is 2. The van der Waals surface area contributed by atoms with Crippen molar-refractivity contribution >= 4 is 29.4 Å². The first-order chi connectivity index (χ1) is 11.9. The van der Waals surface area contributed by atoms with E-state index in [0.29, 0.717) is 17.9 Å². The Kier molecular flexibility index (Phi) is 5.91. The van der Waals surface area contributed by atoms with Crippen molar-refractivity contribution in [2.24, 2.45) is 5.10 Å². The lowest BCUT2D eigenvalue weighted by molar-refractivity contribution is -0.384. The molecule has 25 heavy (non-hydrogen) atoms. The SMILES string of the molecule is CCOc1cc(/C=N\NC(=O)c2ccc([N+](=O)[O-])cc2Cl)ccc1O. The van der Waals surface area contributed by atoms with Crippen molar-refractivity contribution in [3.8, 4) is 11.5 Å². The van der Waals surface area contributed by atoms with Crippen molar-refractivity contribution < 1.29 is 19.6 Å². The monoisotopic (exact) mass is 363 g/mol.